The summed E-state index contributed by atoms with van der Waals surface area (Å²) in [5.41, 5.74) is 1.76. The summed E-state index contributed by atoms with van der Waals surface area (Å²) in [5, 5.41) is 0. The van der Waals surface area contributed by atoms with Crippen LogP contribution in [0.3, 0.4) is 0 Å². The number of halogens is 4. The molecule has 0 saturated heterocycles. The van der Waals surface area contributed by atoms with Crippen LogP contribution in [0.5, 0.6) is 0 Å². The minimum Gasteiger partial charge on any atom is -0.271 e. The van der Waals surface area contributed by atoms with Gasteiger partial charge in [0.1, 0.15) is 5.82 Å². The van der Waals surface area contributed by atoms with Gasteiger partial charge in [0.25, 0.3) is 0 Å². The van der Waals surface area contributed by atoms with E-state index < -0.39 is 23.6 Å². The van der Waals surface area contributed by atoms with Crippen molar-refractivity contribution in [1.29, 1.82) is 0 Å². The average molecular weight is 286 g/mol. The standard InChI is InChI=1S/C12H10F4N4/c13-9-6-18-4-3-8(9)11(20-17)10-2-1-7(5-19-10)12(14,15)16/h1-6,11,20H,17H2. The zero-order valence-corrected chi connectivity index (χ0v) is 10.0. The van der Waals surface area contributed by atoms with Gasteiger partial charge in [-0.05, 0) is 18.2 Å². The molecule has 0 aliphatic carbocycles. The molecule has 8 heteroatoms. The number of nitrogens with zero attached hydrogens (tertiary/aromatic N) is 2. The second-order valence-corrected chi connectivity index (χ2v) is 3.97. The van der Waals surface area contributed by atoms with E-state index in [0.29, 0.717) is 6.20 Å². The van der Waals surface area contributed by atoms with E-state index >= 15 is 0 Å². The van der Waals surface area contributed by atoms with Crippen LogP contribution in [-0.2, 0) is 6.18 Å². The fourth-order valence-corrected chi connectivity index (χ4v) is 1.70. The topological polar surface area (TPSA) is 63.8 Å². The van der Waals surface area contributed by atoms with E-state index in [1.54, 1.807) is 0 Å². The number of hydrazine groups is 1. The third kappa shape index (κ3) is 2.91. The summed E-state index contributed by atoms with van der Waals surface area (Å²) >= 11 is 0. The van der Waals surface area contributed by atoms with Crippen LogP contribution in [0, 0.1) is 5.82 Å². The van der Waals surface area contributed by atoms with Crippen molar-refractivity contribution in [3.8, 4) is 0 Å². The lowest BCUT2D eigenvalue weighted by atomic mass is 10.0. The first-order valence-electron chi connectivity index (χ1n) is 5.52. The highest BCUT2D eigenvalue weighted by Gasteiger charge is 2.31. The predicted molar refractivity (Wildman–Crippen MR) is 62.6 cm³/mol. The Kier molecular flexibility index (Phi) is 3.96. The quantitative estimate of drug-likeness (QED) is 0.516. The Morgan fingerprint density at radius 3 is 2.40 bits per heavy atom. The molecule has 0 radical (unpaired) electrons. The molecule has 0 amide bonds. The lowest BCUT2D eigenvalue weighted by Crippen LogP contribution is -2.30. The van der Waals surface area contributed by atoms with Gasteiger partial charge in [-0.25, -0.2) is 9.82 Å². The maximum atomic E-state index is 13.6. The van der Waals surface area contributed by atoms with Gasteiger partial charge in [0.2, 0.25) is 0 Å². The summed E-state index contributed by atoms with van der Waals surface area (Å²) in [5.74, 6) is 4.70. The molecule has 2 aromatic rings. The highest BCUT2D eigenvalue weighted by molar-refractivity contribution is 5.28. The van der Waals surface area contributed by atoms with E-state index in [4.69, 9.17) is 5.84 Å². The van der Waals surface area contributed by atoms with Gasteiger partial charge in [-0.15, -0.1) is 0 Å². The number of aromatic nitrogens is 2. The van der Waals surface area contributed by atoms with E-state index in [2.05, 4.69) is 15.4 Å². The lowest BCUT2D eigenvalue weighted by molar-refractivity contribution is -0.137. The van der Waals surface area contributed by atoms with Crippen molar-refractivity contribution in [2.75, 3.05) is 0 Å². The number of nitrogens with two attached hydrogens (primary N) is 1. The predicted octanol–water partition coefficient (Wildman–Crippen LogP) is 2.19. The zero-order valence-electron chi connectivity index (χ0n) is 10.0. The SMILES string of the molecule is NNC(c1ccc(C(F)(F)F)cn1)c1ccncc1F. The Morgan fingerprint density at radius 2 is 1.90 bits per heavy atom. The Labute approximate surface area is 111 Å². The Hall–Kier alpha value is -2.06. The van der Waals surface area contributed by atoms with Crippen LogP contribution in [-0.4, -0.2) is 9.97 Å². The summed E-state index contributed by atoms with van der Waals surface area (Å²) < 4.78 is 50.9. The molecule has 0 saturated carbocycles. The Balaban J connectivity index is 2.36. The second kappa shape index (κ2) is 5.51. The van der Waals surface area contributed by atoms with Crippen LogP contribution >= 0.6 is 0 Å². The van der Waals surface area contributed by atoms with Crippen LogP contribution in [0.2, 0.25) is 0 Å². The van der Waals surface area contributed by atoms with Crippen molar-refractivity contribution in [2.45, 2.75) is 12.2 Å². The first-order chi connectivity index (χ1) is 9.43. The van der Waals surface area contributed by atoms with Crippen molar-refractivity contribution in [3.05, 3.63) is 59.4 Å². The van der Waals surface area contributed by atoms with E-state index in [9.17, 15) is 17.6 Å². The van der Waals surface area contributed by atoms with Crippen LogP contribution in [0.15, 0.2) is 36.8 Å². The van der Waals surface area contributed by atoms with Gasteiger partial charge in [-0.2, -0.15) is 13.2 Å². The summed E-state index contributed by atoms with van der Waals surface area (Å²) in [6.07, 6.45) is -1.45. The minimum atomic E-state index is -4.47. The molecule has 0 spiro atoms. The largest absolute Gasteiger partial charge is 0.417 e. The molecule has 106 valence electrons. The molecule has 0 aliphatic heterocycles. The maximum Gasteiger partial charge on any atom is 0.417 e. The van der Waals surface area contributed by atoms with Gasteiger partial charge in [-0.1, -0.05) is 0 Å². The molecule has 2 aromatic heterocycles. The molecule has 1 atom stereocenters. The van der Waals surface area contributed by atoms with Crippen molar-refractivity contribution >= 4 is 0 Å². The monoisotopic (exact) mass is 286 g/mol. The molecular formula is C12H10F4N4. The van der Waals surface area contributed by atoms with Gasteiger partial charge < -0.3 is 0 Å². The fraction of sp³-hybridized carbons (Fsp3) is 0.167. The lowest BCUT2D eigenvalue weighted by Gasteiger charge is -2.17. The minimum absolute atomic E-state index is 0.148. The summed E-state index contributed by atoms with van der Waals surface area (Å²) in [6, 6.07) is 2.53. The molecule has 4 nitrogen and oxygen atoms in total. The maximum absolute atomic E-state index is 13.6. The van der Waals surface area contributed by atoms with E-state index in [1.807, 2.05) is 0 Å². The number of nitrogens with one attached hydrogen (secondary N) is 1. The molecule has 0 aliphatic rings. The highest BCUT2D eigenvalue weighted by Crippen LogP contribution is 2.29. The smallest absolute Gasteiger partial charge is 0.271 e. The number of pyridine rings is 2. The second-order valence-electron chi connectivity index (χ2n) is 3.97. The van der Waals surface area contributed by atoms with Crippen molar-refractivity contribution < 1.29 is 17.6 Å². The van der Waals surface area contributed by atoms with E-state index in [0.717, 1.165) is 18.3 Å². The normalized spacial score (nSPS) is 13.2. The van der Waals surface area contributed by atoms with Crippen LogP contribution in [0.1, 0.15) is 22.9 Å². The zero-order chi connectivity index (χ0) is 14.8. The molecular weight excluding hydrogens is 276 g/mol. The van der Waals surface area contributed by atoms with Gasteiger partial charge in [0, 0.05) is 18.0 Å². The van der Waals surface area contributed by atoms with Gasteiger partial charge in [0.15, 0.2) is 0 Å². The molecule has 3 N–H and O–H groups in total. The Bertz CT molecular complexity index is 583. The Morgan fingerprint density at radius 1 is 1.15 bits per heavy atom. The molecule has 0 aromatic carbocycles. The third-order valence-corrected chi connectivity index (χ3v) is 2.69. The van der Waals surface area contributed by atoms with Crippen molar-refractivity contribution in [2.24, 2.45) is 5.84 Å². The molecule has 0 fully saturated rings. The fourth-order valence-electron chi connectivity index (χ4n) is 1.70. The molecule has 20 heavy (non-hydrogen) atoms. The first-order valence-corrected chi connectivity index (χ1v) is 5.52. The molecule has 0 bridgehead atoms. The highest BCUT2D eigenvalue weighted by atomic mass is 19.4. The van der Waals surface area contributed by atoms with E-state index in [1.165, 1.54) is 12.3 Å². The van der Waals surface area contributed by atoms with Crippen LogP contribution in [0.25, 0.3) is 0 Å². The van der Waals surface area contributed by atoms with Crippen molar-refractivity contribution in [1.82, 2.24) is 15.4 Å². The third-order valence-electron chi connectivity index (χ3n) is 2.69. The first kappa shape index (κ1) is 14.4. The molecule has 2 rings (SSSR count). The number of hydrogen-bond acceptors (Lipinski definition) is 4. The van der Waals surface area contributed by atoms with Crippen LogP contribution in [0.4, 0.5) is 17.6 Å². The van der Waals surface area contributed by atoms with E-state index in [-0.39, 0.29) is 11.3 Å². The number of rotatable bonds is 3. The molecule has 2 heterocycles. The van der Waals surface area contributed by atoms with Gasteiger partial charge in [-0.3, -0.25) is 15.8 Å². The summed E-state index contributed by atoms with van der Waals surface area (Å²) in [7, 11) is 0. The van der Waals surface area contributed by atoms with Crippen LogP contribution < -0.4 is 11.3 Å². The average Bonchev–Trinajstić information content (AvgIpc) is 2.41. The summed E-state index contributed by atoms with van der Waals surface area (Å²) in [4.78, 5) is 7.27. The number of hydrogen-bond donors (Lipinski definition) is 2. The van der Waals surface area contributed by atoms with Crippen molar-refractivity contribution in [3.63, 3.8) is 0 Å². The van der Waals surface area contributed by atoms with Gasteiger partial charge >= 0.3 is 6.18 Å². The number of alkyl halides is 3. The molecule has 1 unspecified atom stereocenters. The summed E-state index contributed by atoms with van der Waals surface area (Å²) in [6.45, 7) is 0. The van der Waals surface area contributed by atoms with Gasteiger partial charge in [0.05, 0.1) is 23.5 Å².